The molecule has 1 amide bonds. The number of esters is 1. The Morgan fingerprint density at radius 3 is 2.52 bits per heavy atom. The molecule has 0 aliphatic rings. The van der Waals surface area contributed by atoms with Crippen LogP contribution in [0, 0.1) is 31.0 Å². The summed E-state index contributed by atoms with van der Waals surface area (Å²) in [5.41, 5.74) is 3.09. The van der Waals surface area contributed by atoms with Crippen LogP contribution in [0.4, 0.5) is 10.1 Å². The van der Waals surface area contributed by atoms with Crippen molar-refractivity contribution in [1.29, 1.82) is 5.26 Å². The van der Waals surface area contributed by atoms with Crippen LogP contribution < -0.4 is 5.32 Å². The number of amides is 1. The van der Waals surface area contributed by atoms with Crippen LogP contribution in [-0.4, -0.2) is 23.1 Å². The monoisotopic (exact) mass is 391 g/mol. The summed E-state index contributed by atoms with van der Waals surface area (Å²) in [5.74, 6) is -1.54. The first-order valence-electron chi connectivity index (χ1n) is 8.81. The molecule has 0 radical (unpaired) electrons. The second kappa shape index (κ2) is 8.40. The molecule has 146 valence electrons. The van der Waals surface area contributed by atoms with Crippen molar-refractivity contribution in [1.82, 2.24) is 4.57 Å². The second-order valence-corrected chi connectivity index (χ2v) is 6.38. The maximum atomic E-state index is 13.2. The van der Waals surface area contributed by atoms with Crippen LogP contribution in [-0.2, 0) is 9.53 Å². The highest BCUT2D eigenvalue weighted by atomic mass is 19.1. The predicted octanol–water partition coefficient (Wildman–Crippen LogP) is 3.90. The van der Waals surface area contributed by atoms with Crippen LogP contribution >= 0.6 is 0 Å². The quantitative estimate of drug-likeness (QED) is 0.669. The Morgan fingerprint density at radius 2 is 1.83 bits per heavy atom. The van der Waals surface area contributed by atoms with Crippen molar-refractivity contribution >= 4 is 17.6 Å². The van der Waals surface area contributed by atoms with Crippen LogP contribution in [0.1, 0.15) is 27.3 Å². The maximum absolute atomic E-state index is 13.2. The van der Waals surface area contributed by atoms with Gasteiger partial charge in [0.1, 0.15) is 11.9 Å². The van der Waals surface area contributed by atoms with E-state index in [1.807, 2.05) is 13.0 Å². The number of para-hydroxylation sites is 1. The highest BCUT2D eigenvalue weighted by Crippen LogP contribution is 2.22. The predicted molar refractivity (Wildman–Crippen MR) is 105 cm³/mol. The molecule has 0 aliphatic heterocycles. The van der Waals surface area contributed by atoms with E-state index in [9.17, 15) is 14.0 Å². The fraction of sp³-hybridized carbons (Fsp3) is 0.136. The zero-order chi connectivity index (χ0) is 21.0. The number of halogens is 1. The van der Waals surface area contributed by atoms with E-state index in [0.717, 1.165) is 5.69 Å². The average Bonchev–Trinajstić information content (AvgIpc) is 3.01. The molecule has 0 atom stereocenters. The number of nitriles is 1. The van der Waals surface area contributed by atoms with Crippen LogP contribution in [0.25, 0.3) is 5.69 Å². The van der Waals surface area contributed by atoms with Gasteiger partial charge in [0.05, 0.1) is 16.8 Å². The van der Waals surface area contributed by atoms with Crippen molar-refractivity contribution in [2.24, 2.45) is 0 Å². The zero-order valence-electron chi connectivity index (χ0n) is 15.9. The molecular weight excluding hydrogens is 373 g/mol. The largest absolute Gasteiger partial charge is 0.452 e. The minimum Gasteiger partial charge on any atom is -0.452 e. The van der Waals surface area contributed by atoms with Crippen LogP contribution in [0.15, 0.2) is 54.6 Å². The number of ether oxygens (including phenoxy) is 1. The van der Waals surface area contributed by atoms with Crippen molar-refractivity contribution in [3.63, 3.8) is 0 Å². The number of rotatable bonds is 5. The minimum absolute atomic E-state index is 0.315. The molecule has 0 aliphatic carbocycles. The summed E-state index contributed by atoms with van der Waals surface area (Å²) in [6.45, 7) is 3.08. The number of carbonyl (C=O) groups is 2. The highest BCUT2D eigenvalue weighted by Gasteiger charge is 2.19. The third-order valence-electron chi connectivity index (χ3n) is 4.39. The summed E-state index contributed by atoms with van der Waals surface area (Å²) in [6.07, 6.45) is 0. The molecule has 29 heavy (non-hydrogen) atoms. The van der Waals surface area contributed by atoms with E-state index in [1.54, 1.807) is 54.0 Å². The smallest absolute Gasteiger partial charge is 0.340 e. The minimum atomic E-state index is -0.643. The lowest BCUT2D eigenvalue weighted by molar-refractivity contribution is -0.119. The van der Waals surface area contributed by atoms with Crippen molar-refractivity contribution in [3.8, 4) is 11.8 Å². The fourth-order valence-electron chi connectivity index (χ4n) is 3.04. The molecular formula is C22H18FN3O3. The molecule has 0 bridgehead atoms. The molecule has 1 heterocycles. The van der Waals surface area contributed by atoms with E-state index in [4.69, 9.17) is 10.00 Å². The lowest BCUT2D eigenvalue weighted by atomic mass is 10.2. The molecule has 1 aromatic heterocycles. The molecule has 0 saturated heterocycles. The molecule has 2 aromatic carbocycles. The number of nitrogens with one attached hydrogen (secondary N) is 1. The van der Waals surface area contributed by atoms with E-state index in [1.165, 1.54) is 12.1 Å². The molecule has 0 saturated carbocycles. The van der Waals surface area contributed by atoms with Crippen molar-refractivity contribution in [3.05, 3.63) is 82.9 Å². The van der Waals surface area contributed by atoms with Gasteiger partial charge in [-0.05, 0) is 56.3 Å². The van der Waals surface area contributed by atoms with Gasteiger partial charge in [-0.1, -0.05) is 12.1 Å². The van der Waals surface area contributed by atoms with Crippen LogP contribution in [0.5, 0.6) is 0 Å². The third-order valence-corrected chi connectivity index (χ3v) is 4.39. The van der Waals surface area contributed by atoms with Gasteiger partial charge in [0.15, 0.2) is 6.61 Å². The van der Waals surface area contributed by atoms with E-state index in [2.05, 4.69) is 5.32 Å². The Kier molecular flexibility index (Phi) is 5.74. The zero-order valence-corrected chi connectivity index (χ0v) is 15.9. The van der Waals surface area contributed by atoms with Gasteiger partial charge in [0.2, 0.25) is 0 Å². The summed E-state index contributed by atoms with van der Waals surface area (Å²) in [7, 11) is 0. The second-order valence-electron chi connectivity index (χ2n) is 6.38. The number of hydrogen-bond acceptors (Lipinski definition) is 4. The molecule has 3 rings (SSSR count). The lowest BCUT2D eigenvalue weighted by Gasteiger charge is -2.10. The van der Waals surface area contributed by atoms with Gasteiger partial charge in [0, 0.05) is 17.1 Å². The summed E-state index contributed by atoms with van der Waals surface area (Å²) in [6, 6.07) is 16.1. The van der Waals surface area contributed by atoms with Gasteiger partial charge in [-0.15, -0.1) is 0 Å². The van der Waals surface area contributed by atoms with Crippen molar-refractivity contribution < 1.29 is 18.7 Å². The Labute approximate surface area is 167 Å². The maximum Gasteiger partial charge on any atom is 0.340 e. The van der Waals surface area contributed by atoms with E-state index < -0.39 is 18.5 Å². The number of aryl methyl sites for hydroxylation is 1. The molecule has 0 unspecified atom stereocenters. The number of anilines is 1. The van der Waals surface area contributed by atoms with Gasteiger partial charge in [-0.25, -0.2) is 9.18 Å². The molecule has 6 nitrogen and oxygen atoms in total. The summed E-state index contributed by atoms with van der Waals surface area (Å²) in [5, 5.41) is 11.6. The first kappa shape index (κ1) is 19.8. The fourth-order valence-corrected chi connectivity index (χ4v) is 3.04. The number of benzene rings is 2. The number of aromatic nitrogens is 1. The number of carbonyl (C=O) groups excluding carboxylic acids is 2. The molecule has 3 aromatic rings. The van der Waals surface area contributed by atoms with Gasteiger partial charge >= 0.3 is 5.97 Å². The Hall–Kier alpha value is -3.92. The van der Waals surface area contributed by atoms with Gasteiger partial charge < -0.3 is 14.6 Å². The molecule has 1 N–H and O–H groups in total. The first-order chi connectivity index (χ1) is 13.9. The van der Waals surface area contributed by atoms with Crippen LogP contribution in [0.3, 0.4) is 0 Å². The van der Waals surface area contributed by atoms with Crippen molar-refractivity contribution in [2.75, 3.05) is 11.9 Å². The average molecular weight is 391 g/mol. The first-order valence-corrected chi connectivity index (χ1v) is 8.81. The Morgan fingerprint density at radius 1 is 1.14 bits per heavy atom. The van der Waals surface area contributed by atoms with Crippen molar-refractivity contribution in [2.45, 2.75) is 13.8 Å². The highest BCUT2D eigenvalue weighted by molar-refractivity contribution is 5.96. The number of hydrogen-bond donors (Lipinski definition) is 1. The van der Waals surface area contributed by atoms with E-state index in [0.29, 0.717) is 28.2 Å². The number of nitrogens with zero attached hydrogens (tertiary/aromatic N) is 2. The van der Waals surface area contributed by atoms with E-state index in [-0.39, 0.29) is 5.82 Å². The van der Waals surface area contributed by atoms with E-state index >= 15 is 0 Å². The SMILES string of the molecule is Cc1cc(C(=O)OCC(=O)Nc2ccccc2C#N)c(C)n1-c1ccc(F)cc1. The standard InChI is InChI=1S/C22H18FN3O3/c1-14-11-19(15(2)26(14)18-9-7-17(23)8-10-18)22(28)29-13-21(27)25-20-6-4-3-5-16(20)12-24/h3-11H,13H2,1-2H3,(H,25,27). The summed E-state index contributed by atoms with van der Waals surface area (Å²) < 4.78 is 20.1. The molecule has 0 spiro atoms. The van der Waals surface area contributed by atoms with Gasteiger partial charge in [-0.3, -0.25) is 4.79 Å². The summed E-state index contributed by atoms with van der Waals surface area (Å²) in [4.78, 5) is 24.6. The molecule has 0 fully saturated rings. The normalized spacial score (nSPS) is 10.3. The molecule has 7 heteroatoms. The Bertz CT molecular complexity index is 1110. The lowest BCUT2D eigenvalue weighted by Crippen LogP contribution is -2.21. The Balaban J connectivity index is 1.70. The topological polar surface area (TPSA) is 84.1 Å². The van der Waals surface area contributed by atoms with Crippen LogP contribution in [0.2, 0.25) is 0 Å². The summed E-state index contributed by atoms with van der Waals surface area (Å²) >= 11 is 0. The van der Waals surface area contributed by atoms with Gasteiger partial charge in [0.25, 0.3) is 5.91 Å². The van der Waals surface area contributed by atoms with Gasteiger partial charge in [-0.2, -0.15) is 5.26 Å². The third kappa shape index (κ3) is 4.33.